The Kier molecular flexibility index (Phi) is 5.78. The molecule has 0 bridgehead atoms. The molecule has 0 aliphatic heterocycles. The van der Waals surface area contributed by atoms with E-state index in [-0.39, 0.29) is 5.91 Å². The maximum Gasteiger partial charge on any atom is 0.258 e. The monoisotopic (exact) mass is 417 g/mol. The van der Waals surface area contributed by atoms with Gasteiger partial charge in [0.15, 0.2) is 0 Å². The molecule has 1 heterocycles. The van der Waals surface area contributed by atoms with E-state index in [1.54, 1.807) is 6.07 Å². The number of nitrogens with zero attached hydrogens (tertiary/aromatic N) is 2. The summed E-state index contributed by atoms with van der Waals surface area (Å²) in [7, 11) is 0. The molecular formula is C18H16BrN3O2S. The zero-order valence-electron chi connectivity index (χ0n) is 13.5. The van der Waals surface area contributed by atoms with Crippen molar-refractivity contribution in [1.82, 2.24) is 10.2 Å². The molecule has 1 N–H and O–H groups in total. The highest BCUT2D eigenvalue weighted by atomic mass is 79.9. The van der Waals surface area contributed by atoms with Crippen molar-refractivity contribution >= 4 is 38.3 Å². The topological polar surface area (TPSA) is 64.1 Å². The first-order chi connectivity index (χ1) is 12.1. The quantitative estimate of drug-likeness (QED) is 0.641. The van der Waals surface area contributed by atoms with Crippen LogP contribution in [0.3, 0.4) is 0 Å². The summed E-state index contributed by atoms with van der Waals surface area (Å²) in [6, 6.07) is 15.1. The lowest BCUT2D eigenvalue weighted by atomic mass is 10.2. The van der Waals surface area contributed by atoms with E-state index in [4.69, 9.17) is 4.74 Å². The molecule has 0 fully saturated rings. The SMILES string of the molecule is Cc1ccc(OCCc2nnc(NC(=O)c3ccccc3Br)s2)cc1. The predicted octanol–water partition coefficient (Wildman–Crippen LogP) is 4.48. The zero-order valence-corrected chi connectivity index (χ0v) is 15.9. The van der Waals surface area contributed by atoms with Gasteiger partial charge in [-0.15, -0.1) is 10.2 Å². The molecule has 1 aromatic heterocycles. The van der Waals surface area contributed by atoms with Crippen molar-refractivity contribution in [1.29, 1.82) is 0 Å². The van der Waals surface area contributed by atoms with Gasteiger partial charge in [-0.1, -0.05) is 41.2 Å². The van der Waals surface area contributed by atoms with Gasteiger partial charge < -0.3 is 4.74 Å². The molecule has 0 spiro atoms. The highest BCUT2D eigenvalue weighted by molar-refractivity contribution is 9.10. The average Bonchev–Trinajstić information content (AvgIpc) is 3.04. The highest BCUT2D eigenvalue weighted by Crippen LogP contribution is 2.20. The minimum absolute atomic E-state index is 0.217. The summed E-state index contributed by atoms with van der Waals surface area (Å²) in [6.45, 7) is 2.55. The van der Waals surface area contributed by atoms with Crippen LogP contribution in [-0.2, 0) is 6.42 Å². The summed E-state index contributed by atoms with van der Waals surface area (Å²) in [6.07, 6.45) is 0.635. The van der Waals surface area contributed by atoms with Crippen molar-refractivity contribution in [3.05, 3.63) is 69.1 Å². The number of rotatable bonds is 6. The van der Waals surface area contributed by atoms with Crippen molar-refractivity contribution in [2.24, 2.45) is 0 Å². The number of hydrogen-bond donors (Lipinski definition) is 1. The second-order valence-electron chi connectivity index (χ2n) is 5.35. The Bertz CT molecular complexity index is 865. The van der Waals surface area contributed by atoms with Gasteiger partial charge in [-0.3, -0.25) is 10.1 Å². The van der Waals surface area contributed by atoms with Crippen LogP contribution in [0.15, 0.2) is 53.0 Å². The van der Waals surface area contributed by atoms with Crippen molar-refractivity contribution in [3.8, 4) is 5.75 Å². The summed E-state index contributed by atoms with van der Waals surface area (Å²) in [5, 5.41) is 12.2. The fourth-order valence-electron chi connectivity index (χ4n) is 2.11. The number of hydrogen-bond acceptors (Lipinski definition) is 5. The maximum atomic E-state index is 12.2. The largest absolute Gasteiger partial charge is 0.493 e. The second kappa shape index (κ2) is 8.22. The molecule has 3 aromatic rings. The summed E-state index contributed by atoms with van der Waals surface area (Å²) >= 11 is 4.72. The second-order valence-corrected chi connectivity index (χ2v) is 7.26. The molecule has 5 nitrogen and oxygen atoms in total. The van der Waals surface area contributed by atoms with Crippen LogP contribution in [-0.4, -0.2) is 22.7 Å². The summed E-state index contributed by atoms with van der Waals surface area (Å²) < 4.78 is 6.43. The Morgan fingerprint density at radius 3 is 2.68 bits per heavy atom. The Hall–Kier alpha value is -2.25. The van der Waals surface area contributed by atoms with E-state index in [1.165, 1.54) is 16.9 Å². The number of carbonyl (C=O) groups is 1. The molecular weight excluding hydrogens is 402 g/mol. The number of aryl methyl sites for hydroxylation is 1. The molecule has 128 valence electrons. The number of ether oxygens (including phenoxy) is 1. The summed E-state index contributed by atoms with van der Waals surface area (Å²) in [4.78, 5) is 12.2. The van der Waals surface area contributed by atoms with Gasteiger partial charge in [0, 0.05) is 10.9 Å². The van der Waals surface area contributed by atoms with Gasteiger partial charge in [0.25, 0.3) is 5.91 Å². The zero-order chi connectivity index (χ0) is 17.6. The third-order valence-electron chi connectivity index (χ3n) is 3.41. The molecule has 7 heteroatoms. The normalized spacial score (nSPS) is 10.5. The number of aromatic nitrogens is 2. The highest BCUT2D eigenvalue weighted by Gasteiger charge is 2.12. The number of nitrogens with one attached hydrogen (secondary N) is 1. The van der Waals surface area contributed by atoms with Crippen LogP contribution < -0.4 is 10.1 Å². The van der Waals surface area contributed by atoms with Gasteiger partial charge in [0.05, 0.1) is 12.2 Å². The van der Waals surface area contributed by atoms with Crippen LogP contribution in [0, 0.1) is 6.92 Å². The van der Waals surface area contributed by atoms with Gasteiger partial charge >= 0.3 is 0 Å². The van der Waals surface area contributed by atoms with Gasteiger partial charge in [0.1, 0.15) is 10.8 Å². The third-order valence-corrected chi connectivity index (χ3v) is 5.00. The van der Waals surface area contributed by atoms with E-state index in [2.05, 4.69) is 31.4 Å². The van der Waals surface area contributed by atoms with E-state index >= 15 is 0 Å². The van der Waals surface area contributed by atoms with Gasteiger partial charge in [0.2, 0.25) is 5.13 Å². The Labute approximate surface area is 158 Å². The Balaban J connectivity index is 1.53. The van der Waals surface area contributed by atoms with Crippen LogP contribution in [0.4, 0.5) is 5.13 Å². The Morgan fingerprint density at radius 1 is 1.16 bits per heavy atom. The van der Waals surface area contributed by atoms with Crippen LogP contribution in [0.2, 0.25) is 0 Å². The molecule has 0 aliphatic carbocycles. The third kappa shape index (κ3) is 4.87. The van der Waals surface area contributed by atoms with Crippen molar-refractivity contribution in [2.45, 2.75) is 13.3 Å². The van der Waals surface area contributed by atoms with E-state index in [9.17, 15) is 4.79 Å². The first kappa shape index (κ1) is 17.6. The fourth-order valence-corrected chi connectivity index (χ4v) is 3.29. The van der Waals surface area contributed by atoms with E-state index < -0.39 is 0 Å². The molecule has 0 atom stereocenters. The molecule has 0 saturated heterocycles. The van der Waals surface area contributed by atoms with Crippen molar-refractivity contribution in [2.75, 3.05) is 11.9 Å². The van der Waals surface area contributed by atoms with Crippen LogP contribution >= 0.6 is 27.3 Å². The molecule has 25 heavy (non-hydrogen) atoms. The van der Waals surface area contributed by atoms with Gasteiger partial charge in [-0.05, 0) is 47.1 Å². The van der Waals surface area contributed by atoms with Crippen molar-refractivity contribution < 1.29 is 9.53 Å². The molecule has 0 aliphatic rings. The fraction of sp³-hybridized carbons (Fsp3) is 0.167. The lowest BCUT2D eigenvalue weighted by Gasteiger charge is -2.04. The number of carbonyl (C=O) groups excluding carboxylic acids is 1. The predicted molar refractivity (Wildman–Crippen MR) is 102 cm³/mol. The van der Waals surface area contributed by atoms with E-state index in [0.29, 0.717) is 23.7 Å². The number of benzene rings is 2. The van der Waals surface area contributed by atoms with Gasteiger partial charge in [-0.25, -0.2) is 0 Å². The molecule has 2 aromatic carbocycles. The van der Waals surface area contributed by atoms with Gasteiger partial charge in [-0.2, -0.15) is 0 Å². The molecule has 0 saturated carbocycles. The van der Waals surface area contributed by atoms with E-state index in [1.807, 2.05) is 49.4 Å². The standard InChI is InChI=1S/C18H16BrN3O2S/c1-12-6-8-13(9-7-12)24-11-10-16-21-22-18(25-16)20-17(23)14-4-2-3-5-15(14)19/h2-9H,10-11H2,1H3,(H,20,22,23). The lowest BCUT2D eigenvalue weighted by molar-refractivity contribution is 0.102. The Morgan fingerprint density at radius 2 is 1.92 bits per heavy atom. The summed E-state index contributed by atoms with van der Waals surface area (Å²) in [5.41, 5.74) is 1.75. The average molecular weight is 418 g/mol. The summed E-state index contributed by atoms with van der Waals surface area (Å²) in [5.74, 6) is 0.614. The first-order valence-electron chi connectivity index (χ1n) is 7.69. The number of amides is 1. The molecule has 0 radical (unpaired) electrons. The van der Waals surface area contributed by atoms with Crippen LogP contribution in [0.25, 0.3) is 0 Å². The van der Waals surface area contributed by atoms with Crippen LogP contribution in [0.1, 0.15) is 20.9 Å². The number of anilines is 1. The van der Waals surface area contributed by atoms with Crippen LogP contribution in [0.5, 0.6) is 5.75 Å². The smallest absolute Gasteiger partial charge is 0.258 e. The molecule has 0 unspecified atom stereocenters. The first-order valence-corrected chi connectivity index (χ1v) is 9.30. The van der Waals surface area contributed by atoms with E-state index in [0.717, 1.165) is 15.2 Å². The minimum atomic E-state index is -0.217. The maximum absolute atomic E-state index is 12.2. The van der Waals surface area contributed by atoms with Crippen molar-refractivity contribution in [3.63, 3.8) is 0 Å². The molecule has 1 amide bonds. The minimum Gasteiger partial charge on any atom is -0.493 e. The lowest BCUT2D eigenvalue weighted by Crippen LogP contribution is -2.12. The number of halogens is 1. The molecule has 3 rings (SSSR count).